The van der Waals surface area contributed by atoms with E-state index in [-0.39, 0.29) is 10.1 Å². The summed E-state index contributed by atoms with van der Waals surface area (Å²) in [4.78, 5) is 2.74. The lowest BCUT2D eigenvalue weighted by molar-refractivity contribution is 0.584. The molecule has 0 atom stereocenters. The molecule has 1 heterocycles. The van der Waals surface area contributed by atoms with Gasteiger partial charge >= 0.3 is 0 Å². The number of hydrogen-bond donors (Lipinski definition) is 1. The summed E-state index contributed by atoms with van der Waals surface area (Å²) in [7, 11) is 1.94. The molecule has 20 heavy (non-hydrogen) atoms. The topological polar surface area (TPSA) is 58.5 Å². The lowest BCUT2D eigenvalue weighted by Gasteiger charge is -2.04. The van der Waals surface area contributed by atoms with Gasteiger partial charge in [0.25, 0.3) is 10.0 Å². The lowest BCUT2D eigenvalue weighted by atomic mass is 9.98. The Morgan fingerprint density at radius 3 is 2.50 bits per heavy atom. The first-order valence-corrected chi connectivity index (χ1v) is 8.29. The predicted molar refractivity (Wildman–Crippen MR) is 83.6 cm³/mol. The van der Waals surface area contributed by atoms with Crippen LogP contribution in [-0.4, -0.2) is 21.4 Å². The van der Waals surface area contributed by atoms with Crippen LogP contribution in [0, 0.1) is 6.92 Å². The number of nitrogens with one attached hydrogen (secondary N) is 1. The number of aryl methyl sites for hydroxylation is 1. The number of benzene rings is 1. The molecule has 0 fully saturated rings. The number of thiophene rings is 1. The second-order valence-electron chi connectivity index (χ2n) is 4.02. The first-order valence-electron chi connectivity index (χ1n) is 5.55. The van der Waals surface area contributed by atoms with Crippen LogP contribution in [0.15, 0.2) is 45.7 Å². The Labute approximate surface area is 127 Å². The number of halogens is 1. The lowest BCUT2D eigenvalue weighted by Crippen LogP contribution is -2.20. The highest BCUT2D eigenvalue weighted by Crippen LogP contribution is 2.12. The molecule has 0 aliphatic carbocycles. The zero-order chi connectivity index (χ0) is 14.8. The molecular formula is C12H10BClN2O2S2. The van der Waals surface area contributed by atoms with Crippen molar-refractivity contribution in [2.75, 3.05) is 0 Å². The molecule has 2 radical (unpaired) electrons. The van der Waals surface area contributed by atoms with Gasteiger partial charge in [-0.2, -0.15) is 18.4 Å². The molecule has 8 heteroatoms. The monoisotopic (exact) mass is 324 g/mol. The second kappa shape index (κ2) is 5.99. The molecule has 4 nitrogen and oxygen atoms in total. The van der Waals surface area contributed by atoms with Crippen molar-refractivity contribution < 1.29 is 8.42 Å². The van der Waals surface area contributed by atoms with E-state index in [9.17, 15) is 8.42 Å². The summed E-state index contributed by atoms with van der Waals surface area (Å²) >= 11 is 7.21. The highest BCUT2D eigenvalue weighted by atomic mass is 35.5. The van der Waals surface area contributed by atoms with E-state index in [1.54, 1.807) is 23.6 Å². The minimum Gasteiger partial charge on any atom is -0.200 e. The Hall–Kier alpha value is -1.31. The molecule has 0 aliphatic rings. The number of hydrogen-bond acceptors (Lipinski definition) is 4. The van der Waals surface area contributed by atoms with Crippen molar-refractivity contribution >= 4 is 51.4 Å². The van der Waals surface area contributed by atoms with Crippen LogP contribution in [0.1, 0.15) is 10.4 Å². The van der Waals surface area contributed by atoms with Crippen molar-refractivity contribution in [1.29, 1.82) is 0 Å². The highest BCUT2D eigenvalue weighted by molar-refractivity contribution is 7.89. The summed E-state index contributed by atoms with van der Waals surface area (Å²) in [6, 6.07) is 8.09. The van der Waals surface area contributed by atoms with Crippen LogP contribution in [0.4, 0.5) is 0 Å². The Morgan fingerprint density at radius 1 is 1.30 bits per heavy atom. The van der Waals surface area contributed by atoms with Crippen molar-refractivity contribution in [2.24, 2.45) is 5.10 Å². The van der Waals surface area contributed by atoms with Gasteiger partial charge in [0, 0.05) is 0 Å². The molecule has 0 amide bonds. The fraction of sp³-hybridized carbons (Fsp3) is 0.0833. The van der Waals surface area contributed by atoms with Crippen molar-refractivity contribution in [3.05, 3.63) is 46.2 Å². The van der Waals surface area contributed by atoms with Crippen molar-refractivity contribution in [3.8, 4) is 0 Å². The average molecular weight is 325 g/mol. The van der Waals surface area contributed by atoms with E-state index < -0.39 is 10.0 Å². The van der Waals surface area contributed by atoms with Crippen molar-refractivity contribution in [3.63, 3.8) is 0 Å². The second-order valence-corrected chi connectivity index (χ2v) is 6.95. The van der Waals surface area contributed by atoms with Crippen LogP contribution in [-0.2, 0) is 10.0 Å². The maximum atomic E-state index is 12.0. The third kappa shape index (κ3) is 3.42. The zero-order valence-corrected chi connectivity index (χ0v) is 12.9. The SMILES string of the molecule is [B]c1ccsc1/C(Cl)=N/NS(=O)(=O)c1ccc(C)cc1. The molecule has 1 N–H and O–H groups in total. The van der Waals surface area contributed by atoms with Gasteiger partial charge in [-0.05, 0) is 24.4 Å². The summed E-state index contributed by atoms with van der Waals surface area (Å²) in [5, 5.41) is 5.43. The van der Waals surface area contributed by atoms with E-state index >= 15 is 0 Å². The van der Waals surface area contributed by atoms with Gasteiger partial charge in [-0.15, -0.1) is 11.3 Å². The predicted octanol–water partition coefficient (Wildman–Crippen LogP) is 1.73. The minimum atomic E-state index is -3.73. The van der Waals surface area contributed by atoms with Crippen LogP contribution in [0.5, 0.6) is 0 Å². The number of rotatable bonds is 4. The van der Waals surface area contributed by atoms with E-state index in [0.717, 1.165) is 5.56 Å². The van der Waals surface area contributed by atoms with Gasteiger partial charge in [0.05, 0.1) is 9.77 Å². The van der Waals surface area contributed by atoms with Gasteiger partial charge in [0.1, 0.15) is 7.85 Å². The summed E-state index contributed by atoms with van der Waals surface area (Å²) in [5.74, 6) is 0. The molecule has 0 aliphatic heterocycles. The van der Waals surface area contributed by atoms with Crippen LogP contribution in [0.3, 0.4) is 0 Å². The fourth-order valence-corrected chi connectivity index (χ4v) is 3.25. The van der Waals surface area contributed by atoms with Crippen LogP contribution in [0.2, 0.25) is 0 Å². The molecule has 2 rings (SSSR count). The quantitative estimate of drug-likeness (QED) is 0.529. The van der Waals surface area contributed by atoms with E-state index in [1.165, 1.54) is 23.5 Å². The van der Waals surface area contributed by atoms with Gasteiger partial charge in [-0.25, -0.2) is 0 Å². The largest absolute Gasteiger partial charge is 0.276 e. The van der Waals surface area contributed by atoms with E-state index in [1.807, 2.05) is 6.92 Å². The molecular weight excluding hydrogens is 315 g/mol. The Morgan fingerprint density at radius 2 is 1.95 bits per heavy atom. The van der Waals surface area contributed by atoms with Crippen LogP contribution >= 0.6 is 22.9 Å². The Balaban J connectivity index is 2.21. The molecule has 2 aromatic rings. The number of hydrazone groups is 1. The third-order valence-corrected chi connectivity index (χ3v) is 5.03. The molecule has 0 spiro atoms. The van der Waals surface area contributed by atoms with Gasteiger partial charge in [0.15, 0.2) is 5.17 Å². The van der Waals surface area contributed by atoms with E-state index in [0.29, 0.717) is 10.3 Å². The zero-order valence-electron chi connectivity index (χ0n) is 10.5. The fourth-order valence-electron chi connectivity index (χ4n) is 1.41. The number of nitrogens with zero attached hydrogens (tertiary/aromatic N) is 1. The van der Waals surface area contributed by atoms with E-state index in [4.69, 9.17) is 19.4 Å². The summed E-state index contributed by atoms with van der Waals surface area (Å²) in [6.07, 6.45) is 0. The van der Waals surface area contributed by atoms with Gasteiger partial charge in [-0.3, -0.25) is 0 Å². The highest BCUT2D eigenvalue weighted by Gasteiger charge is 2.13. The van der Waals surface area contributed by atoms with Crippen molar-refractivity contribution in [1.82, 2.24) is 4.83 Å². The Bertz CT molecular complexity index is 739. The van der Waals surface area contributed by atoms with Gasteiger partial charge < -0.3 is 0 Å². The maximum Gasteiger partial charge on any atom is 0.276 e. The standard InChI is InChI=1S/C12H10BClN2O2S2/c1-8-2-4-9(5-3-8)20(17,18)16-15-12(14)11-10(13)6-7-19-11/h2-7,16H,1H3/b15-12-. The average Bonchev–Trinajstić information content (AvgIpc) is 2.83. The molecule has 1 aromatic heterocycles. The molecule has 0 bridgehead atoms. The third-order valence-electron chi connectivity index (χ3n) is 2.48. The molecule has 0 unspecified atom stereocenters. The maximum absolute atomic E-state index is 12.0. The smallest absolute Gasteiger partial charge is 0.200 e. The van der Waals surface area contributed by atoms with Crippen LogP contribution < -0.4 is 10.3 Å². The normalized spacial score (nSPS) is 12.4. The molecule has 1 aromatic carbocycles. The first-order chi connectivity index (χ1) is 9.40. The van der Waals surface area contributed by atoms with Gasteiger partial charge in [0.2, 0.25) is 0 Å². The Kier molecular flexibility index (Phi) is 4.52. The summed E-state index contributed by atoms with van der Waals surface area (Å²) < 4.78 is 24.0. The molecule has 102 valence electrons. The minimum absolute atomic E-state index is 0.00758. The van der Waals surface area contributed by atoms with E-state index in [2.05, 4.69) is 9.93 Å². The summed E-state index contributed by atoms with van der Waals surface area (Å²) in [5.41, 5.74) is 1.43. The number of sulfonamides is 1. The molecule has 0 saturated carbocycles. The van der Waals surface area contributed by atoms with Crippen molar-refractivity contribution in [2.45, 2.75) is 11.8 Å². The van der Waals surface area contributed by atoms with Gasteiger partial charge in [-0.1, -0.05) is 40.8 Å². The summed E-state index contributed by atoms with van der Waals surface area (Å²) in [6.45, 7) is 1.87. The van der Waals surface area contributed by atoms with Crippen LogP contribution in [0.25, 0.3) is 0 Å². The first kappa shape index (κ1) is 15.1. The molecule has 0 saturated heterocycles.